The second kappa shape index (κ2) is 8.59. The van der Waals surface area contributed by atoms with Gasteiger partial charge >= 0.3 is 0 Å². The zero-order valence-electron chi connectivity index (χ0n) is 15.1. The maximum Gasteiger partial charge on any atom is 0.272 e. The largest absolute Gasteiger partial charge is 0.470 e. The zero-order chi connectivity index (χ0) is 19.2. The predicted octanol–water partition coefficient (Wildman–Crippen LogP) is 2.81. The molecule has 1 aromatic carbocycles. The molecule has 0 aliphatic carbocycles. The molecule has 0 saturated carbocycles. The van der Waals surface area contributed by atoms with Crippen LogP contribution in [0.3, 0.4) is 0 Å². The molecule has 26 heavy (non-hydrogen) atoms. The molecular formula is C19H21N3O3S. The summed E-state index contributed by atoms with van der Waals surface area (Å²) in [6.07, 6.45) is 10.4. The van der Waals surface area contributed by atoms with Crippen LogP contribution in [-0.4, -0.2) is 41.4 Å². The van der Waals surface area contributed by atoms with E-state index in [0.717, 1.165) is 10.9 Å². The van der Waals surface area contributed by atoms with Crippen molar-refractivity contribution in [3.05, 3.63) is 36.0 Å². The van der Waals surface area contributed by atoms with E-state index in [1.54, 1.807) is 18.5 Å². The van der Waals surface area contributed by atoms with Crippen LogP contribution in [0, 0.1) is 12.3 Å². The number of thioether (sulfide) groups is 1. The van der Waals surface area contributed by atoms with Crippen LogP contribution in [0.1, 0.15) is 19.4 Å². The fourth-order valence-corrected chi connectivity index (χ4v) is 2.67. The van der Waals surface area contributed by atoms with Crippen LogP contribution in [0.25, 0.3) is 10.9 Å². The van der Waals surface area contributed by atoms with Gasteiger partial charge in [-0.1, -0.05) is 11.1 Å². The van der Waals surface area contributed by atoms with E-state index in [0.29, 0.717) is 11.3 Å². The Morgan fingerprint density at radius 3 is 2.88 bits per heavy atom. The monoisotopic (exact) mass is 371 g/mol. The maximum atomic E-state index is 12.5. The first-order valence-electron chi connectivity index (χ1n) is 7.84. The van der Waals surface area contributed by atoms with Crippen molar-refractivity contribution in [2.24, 2.45) is 5.16 Å². The van der Waals surface area contributed by atoms with Gasteiger partial charge in [0, 0.05) is 17.1 Å². The molecule has 7 heteroatoms. The molecule has 136 valence electrons. The van der Waals surface area contributed by atoms with E-state index in [9.17, 15) is 4.79 Å². The number of fused-ring (bicyclic) bond motifs is 1. The summed E-state index contributed by atoms with van der Waals surface area (Å²) < 4.78 is 5.85. The molecule has 0 aliphatic rings. The van der Waals surface area contributed by atoms with Crippen LogP contribution in [0.15, 0.2) is 35.6 Å². The zero-order valence-corrected chi connectivity index (χ0v) is 16.0. The molecule has 0 saturated heterocycles. The number of nitrogens with zero attached hydrogens (tertiary/aromatic N) is 2. The molecule has 0 aliphatic heterocycles. The number of rotatable bonds is 7. The Labute approximate surface area is 157 Å². The minimum absolute atomic E-state index is 0.263. The highest BCUT2D eigenvalue weighted by Gasteiger charge is 2.26. The van der Waals surface area contributed by atoms with Gasteiger partial charge in [0.15, 0.2) is 0 Å². The van der Waals surface area contributed by atoms with Crippen LogP contribution in [0.5, 0.6) is 5.75 Å². The van der Waals surface area contributed by atoms with Crippen molar-refractivity contribution in [1.29, 1.82) is 0 Å². The third kappa shape index (κ3) is 5.14. The van der Waals surface area contributed by atoms with Gasteiger partial charge in [-0.2, -0.15) is 0 Å². The van der Waals surface area contributed by atoms with Crippen molar-refractivity contribution >= 4 is 34.8 Å². The smallest absolute Gasteiger partial charge is 0.272 e. The molecule has 0 fully saturated rings. The molecule has 0 spiro atoms. The summed E-state index contributed by atoms with van der Waals surface area (Å²) >= 11 is 1.29. The summed E-state index contributed by atoms with van der Waals surface area (Å²) in [6.45, 7) is 3.63. The predicted molar refractivity (Wildman–Crippen MR) is 105 cm³/mol. The average molecular weight is 371 g/mol. The quantitative estimate of drug-likeness (QED) is 0.351. The maximum absolute atomic E-state index is 12.5. The average Bonchev–Trinajstić information content (AvgIpc) is 2.63. The second-order valence-corrected chi connectivity index (χ2v) is 6.94. The lowest BCUT2D eigenvalue weighted by Crippen LogP contribution is -2.49. The highest BCUT2D eigenvalue weighted by molar-refractivity contribution is 7.99. The van der Waals surface area contributed by atoms with Gasteiger partial charge in [-0.25, -0.2) is 0 Å². The van der Waals surface area contributed by atoms with Gasteiger partial charge in [0.25, 0.3) is 5.91 Å². The number of hydrogen-bond acceptors (Lipinski definition) is 6. The van der Waals surface area contributed by atoms with E-state index in [-0.39, 0.29) is 5.91 Å². The number of ether oxygens (including phenoxy) is 1. The van der Waals surface area contributed by atoms with Gasteiger partial charge in [0.05, 0.1) is 17.3 Å². The van der Waals surface area contributed by atoms with Gasteiger partial charge in [-0.05, 0) is 44.4 Å². The number of carbonyl (C=O) groups is 1. The molecule has 2 aromatic rings. The van der Waals surface area contributed by atoms with Crippen LogP contribution in [-0.2, 0) is 9.63 Å². The second-order valence-electron chi connectivity index (χ2n) is 6.04. The topological polar surface area (TPSA) is 72.8 Å². The lowest BCUT2D eigenvalue weighted by atomic mass is 10.1. The van der Waals surface area contributed by atoms with Gasteiger partial charge in [0.1, 0.15) is 12.9 Å². The number of terminal acetylenes is 1. The Balaban J connectivity index is 2.16. The Morgan fingerprint density at radius 2 is 2.23 bits per heavy atom. The lowest BCUT2D eigenvalue weighted by Gasteiger charge is -2.24. The molecule has 1 aromatic heterocycles. The molecule has 0 bridgehead atoms. The number of oxime groups is 1. The van der Waals surface area contributed by atoms with E-state index < -0.39 is 11.0 Å². The molecule has 1 N–H and O–H groups in total. The van der Waals surface area contributed by atoms with Crippen molar-refractivity contribution < 1.29 is 14.4 Å². The van der Waals surface area contributed by atoms with Crippen molar-refractivity contribution in [2.75, 3.05) is 13.4 Å². The van der Waals surface area contributed by atoms with Crippen LogP contribution >= 0.6 is 11.8 Å². The van der Waals surface area contributed by atoms with Crippen LogP contribution < -0.4 is 10.1 Å². The third-order valence-corrected chi connectivity index (χ3v) is 4.16. The van der Waals surface area contributed by atoms with Crippen molar-refractivity contribution in [1.82, 2.24) is 10.3 Å². The molecule has 1 heterocycles. The number of pyridine rings is 1. The summed E-state index contributed by atoms with van der Waals surface area (Å²) in [4.78, 5) is 21.5. The molecule has 6 nitrogen and oxygen atoms in total. The standard InChI is InChI=1S/C19H21N3O3S/c1-6-13-9-14-10-15(7-8-16(14)20-11-13)25-18(26-5)17(23)22-19(2,3)12-21-24-4/h1,7-12,18H,2-5H3,(H,22,23)/b21-12+. The first-order chi connectivity index (χ1) is 12.4. The first-order valence-corrected chi connectivity index (χ1v) is 9.13. The van der Waals surface area contributed by atoms with Crippen molar-refractivity contribution in [2.45, 2.75) is 24.8 Å². The van der Waals surface area contributed by atoms with Crippen LogP contribution in [0.2, 0.25) is 0 Å². The molecule has 0 radical (unpaired) electrons. The Bertz CT molecular complexity index is 859. The molecule has 1 unspecified atom stereocenters. The molecule has 1 atom stereocenters. The Morgan fingerprint density at radius 1 is 1.46 bits per heavy atom. The summed E-state index contributed by atoms with van der Waals surface area (Å²) in [5.41, 5.74) is 0.109. The van der Waals surface area contributed by atoms with E-state index in [1.807, 2.05) is 32.0 Å². The summed E-state index contributed by atoms with van der Waals surface area (Å²) in [5.74, 6) is 2.86. The van der Waals surface area contributed by atoms with E-state index >= 15 is 0 Å². The van der Waals surface area contributed by atoms with Gasteiger partial charge in [-0.3, -0.25) is 9.78 Å². The summed E-state index contributed by atoms with van der Waals surface area (Å²) in [5, 5.41) is 7.42. The number of aromatic nitrogens is 1. The third-order valence-electron chi connectivity index (χ3n) is 3.42. The summed E-state index contributed by atoms with van der Waals surface area (Å²) in [7, 11) is 1.45. The number of nitrogens with one attached hydrogen (secondary N) is 1. The molecular weight excluding hydrogens is 350 g/mol. The number of carbonyl (C=O) groups excluding carboxylic acids is 1. The Kier molecular flexibility index (Phi) is 6.47. The van der Waals surface area contributed by atoms with Gasteiger partial charge < -0.3 is 14.9 Å². The van der Waals surface area contributed by atoms with E-state index in [2.05, 4.69) is 26.2 Å². The highest BCUT2D eigenvalue weighted by atomic mass is 32.2. The normalized spacial score (nSPS) is 12.6. The van der Waals surface area contributed by atoms with Gasteiger partial charge in [0.2, 0.25) is 5.44 Å². The lowest BCUT2D eigenvalue weighted by molar-refractivity contribution is -0.125. The minimum atomic E-state index is -0.716. The van der Waals surface area contributed by atoms with E-state index in [1.165, 1.54) is 25.1 Å². The van der Waals surface area contributed by atoms with Gasteiger partial charge in [-0.15, -0.1) is 18.2 Å². The number of amides is 1. The molecule has 1 amide bonds. The highest BCUT2D eigenvalue weighted by Crippen LogP contribution is 2.23. The fourth-order valence-electron chi connectivity index (χ4n) is 2.19. The van der Waals surface area contributed by atoms with Crippen LogP contribution in [0.4, 0.5) is 0 Å². The minimum Gasteiger partial charge on any atom is -0.470 e. The van der Waals surface area contributed by atoms with E-state index in [4.69, 9.17) is 11.2 Å². The fraction of sp³-hybridized carbons (Fsp3) is 0.316. The first kappa shape index (κ1) is 19.6. The number of hydrogen-bond donors (Lipinski definition) is 1. The number of benzene rings is 1. The van der Waals surface area contributed by atoms with Crippen molar-refractivity contribution in [3.63, 3.8) is 0 Å². The summed E-state index contributed by atoms with van der Waals surface area (Å²) in [6, 6.07) is 7.28. The Hall–Kier alpha value is -2.72. The SMILES string of the molecule is C#Cc1cnc2ccc(OC(SC)C(=O)NC(C)(C)/C=N/OC)cc2c1. The molecule has 2 rings (SSSR count). The van der Waals surface area contributed by atoms with Crippen molar-refractivity contribution in [3.8, 4) is 18.1 Å².